The van der Waals surface area contributed by atoms with Gasteiger partial charge in [0.25, 0.3) is 0 Å². The molecule has 5 nitrogen and oxygen atoms in total. The van der Waals surface area contributed by atoms with Crippen LogP contribution in [-0.4, -0.2) is 41.0 Å². The van der Waals surface area contributed by atoms with E-state index in [4.69, 9.17) is 5.11 Å². The number of carboxylic acid groups (broad SMARTS) is 1. The molecule has 2 rings (SSSR count). The summed E-state index contributed by atoms with van der Waals surface area (Å²) in [4.78, 5) is 24.7. The van der Waals surface area contributed by atoms with E-state index >= 15 is 0 Å². The van der Waals surface area contributed by atoms with Crippen molar-refractivity contribution in [3.8, 4) is 0 Å². The third kappa shape index (κ3) is 3.59. The molecule has 1 fully saturated rings. The molecular weight excluding hydrogens is 343 g/mol. The number of carbonyl (C=O) groups excluding carboxylic acids is 1. The molecular formula is C14H16BrFN2O3. The van der Waals surface area contributed by atoms with Gasteiger partial charge in [0.1, 0.15) is 11.9 Å². The van der Waals surface area contributed by atoms with Gasteiger partial charge < -0.3 is 10.4 Å². The van der Waals surface area contributed by atoms with E-state index < -0.39 is 12.0 Å². The van der Waals surface area contributed by atoms with Gasteiger partial charge in [0.05, 0.1) is 10.9 Å². The van der Waals surface area contributed by atoms with E-state index in [2.05, 4.69) is 21.2 Å². The van der Waals surface area contributed by atoms with Crippen molar-refractivity contribution in [2.24, 2.45) is 0 Å². The molecule has 114 valence electrons. The summed E-state index contributed by atoms with van der Waals surface area (Å²) in [5, 5.41) is 11.7. The fraction of sp³-hybridized carbons (Fsp3) is 0.429. The highest BCUT2D eigenvalue weighted by Gasteiger charge is 2.34. The smallest absolute Gasteiger partial charge is 0.305 e. The molecule has 1 heterocycles. The summed E-state index contributed by atoms with van der Waals surface area (Å²) < 4.78 is 13.7. The second-order valence-electron chi connectivity index (χ2n) is 4.99. The lowest BCUT2D eigenvalue weighted by Crippen LogP contribution is -2.56. The standard InChI is InChI=1S/C14H16BrFN2O3/c1-8(9-2-3-11(16)10(15)6-9)18-5-4-17-14(21)12(18)7-13(19)20/h2-3,6,8,12H,4-5,7H2,1H3,(H,17,21)(H,19,20). The molecule has 7 heteroatoms. The van der Waals surface area contributed by atoms with Crippen molar-refractivity contribution in [1.82, 2.24) is 10.2 Å². The van der Waals surface area contributed by atoms with Gasteiger partial charge in [-0.15, -0.1) is 0 Å². The number of carboxylic acids is 1. The predicted octanol–water partition coefficient (Wildman–Crippen LogP) is 1.92. The average Bonchev–Trinajstić information content (AvgIpc) is 2.43. The van der Waals surface area contributed by atoms with Crippen LogP contribution in [0.5, 0.6) is 0 Å². The van der Waals surface area contributed by atoms with Gasteiger partial charge in [-0.2, -0.15) is 0 Å². The molecule has 2 atom stereocenters. The minimum atomic E-state index is -1.02. The Kier molecular flexibility index (Phi) is 4.95. The molecule has 21 heavy (non-hydrogen) atoms. The maximum atomic E-state index is 13.3. The average molecular weight is 359 g/mol. The van der Waals surface area contributed by atoms with Crippen molar-refractivity contribution in [2.75, 3.05) is 13.1 Å². The minimum Gasteiger partial charge on any atom is -0.481 e. The SMILES string of the molecule is CC(c1ccc(F)c(Br)c1)N1CCNC(=O)C1CC(=O)O. The Morgan fingerprint density at radius 1 is 1.62 bits per heavy atom. The van der Waals surface area contributed by atoms with Crippen molar-refractivity contribution in [3.63, 3.8) is 0 Å². The fourth-order valence-corrected chi connectivity index (χ4v) is 2.93. The fourth-order valence-electron chi connectivity index (χ4n) is 2.54. The molecule has 1 saturated heterocycles. The number of aliphatic carboxylic acids is 1. The Morgan fingerprint density at radius 2 is 2.33 bits per heavy atom. The number of amides is 1. The van der Waals surface area contributed by atoms with Gasteiger partial charge >= 0.3 is 5.97 Å². The van der Waals surface area contributed by atoms with E-state index in [0.29, 0.717) is 17.6 Å². The van der Waals surface area contributed by atoms with Crippen LogP contribution in [0.4, 0.5) is 4.39 Å². The van der Waals surface area contributed by atoms with Crippen molar-refractivity contribution in [3.05, 3.63) is 34.1 Å². The topological polar surface area (TPSA) is 69.6 Å². The van der Waals surface area contributed by atoms with E-state index in [1.54, 1.807) is 12.1 Å². The Labute approximate surface area is 130 Å². The second kappa shape index (κ2) is 6.53. The summed E-state index contributed by atoms with van der Waals surface area (Å²) in [7, 11) is 0. The molecule has 1 aromatic carbocycles. The maximum absolute atomic E-state index is 13.3. The number of nitrogens with one attached hydrogen (secondary N) is 1. The summed E-state index contributed by atoms with van der Waals surface area (Å²) in [5.74, 6) is -1.66. The molecule has 0 aliphatic carbocycles. The zero-order valence-corrected chi connectivity index (χ0v) is 13.1. The van der Waals surface area contributed by atoms with Crippen molar-refractivity contribution < 1.29 is 19.1 Å². The Hall–Kier alpha value is -1.47. The number of benzene rings is 1. The van der Waals surface area contributed by atoms with Gasteiger partial charge in [-0.25, -0.2) is 4.39 Å². The van der Waals surface area contributed by atoms with Crippen molar-refractivity contribution >= 4 is 27.8 Å². The first kappa shape index (κ1) is 15.9. The molecule has 1 aliphatic heterocycles. The van der Waals surface area contributed by atoms with Crippen molar-refractivity contribution in [2.45, 2.75) is 25.4 Å². The normalized spacial score (nSPS) is 20.9. The molecule has 1 aromatic rings. The van der Waals surface area contributed by atoms with Crippen LogP contribution in [0.3, 0.4) is 0 Å². The first-order chi connectivity index (χ1) is 9.90. The van der Waals surface area contributed by atoms with Gasteiger partial charge in [-0.3, -0.25) is 14.5 Å². The van der Waals surface area contributed by atoms with Gasteiger partial charge in [0.2, 0.25) is 5.91 Å². The summed E-state index contributed by atoms with van der Waals surface area (Å²) >= 11 is 3.14. The van der Waals surface area contributed by atoms with Crippen LogP contribution in [0, 0.1) is 5.82 Å². The highest BCUT2D eigenvalue weighted by Crippen LogP contribution is 2.28. The van der Waals surface area contributed by atoms with Crippen molar-refractivity contribution in [1.29, 1.82) is 0 Å². The number of carbonyl (C=O) groups is 2. The summed E-state index contributed by atoms with van der Waals surface area (Å²) in [6.07, 6.45) is -0.251. The number of halogens is 2. The summed E-state index contributed by atoms with van der Waals surface area (Å²) in [6, 6.07) is 3.76. The molecule has 2 unspecified atom stereocenters. The van der Waals surface area contributed by atoms with E-state index in [-0.39, 0.29) is 24.2 Å². The molecule has 1 amide bonds. The molecule has 0 bridgehead atoms. The number of hydrogen-bond acceptors (Lipinski definition) is 3. The number of hydrogen-bond donors (Lipinski definition) is 2. The molecule has 0 spiro atoms. The molecule has 0 radical (unpaired) electrons. The zero-order chi connectivity index (χ0) is 15.6. The third-order valence-electron chi connectivity index (χ3n) is 3.66. The van der Waals surface area contributed by atoms with Crippen LogP contribution in [0.2, 0.25) is 0 Å². The number of rotatable bonds is 4. The van der Waals surface area contributed by atoms with E-state index in [1.807, 2.05) is 11.8 Å². The predicted molar refractivity (Wildman–Crippen MR) is 78.3 cm³/mol. The molecule has 0 saturated carbocycles. The summed E-state index contributed by atoms with van der Waals surface area (Å²) in [5.41, 5.74) is 0.827. The Bertz CT molecular complexity index is 567. The van der Waals surface area contributed by atoms with Crippen LogP contribution in [-0.2, 0) is 9.59 Å². The van der Waals surface area contributed by atoms with E-state index in [9.17, 15) is 14.0 Å². The van der Waals surface area contributed by atoms with Crippen LogP contribution in [0.15, 0.2) is 22.7 Å². The largest absolute Gasteiger partial charge is 0.481 e. The number of piperazine rings is 1. The maximum Gasteiger partial charge on any atom is 0.305 e. The van der Waals surface area contributed by atoms with Crippen LogP contribution in [0.1, 0.15) is 24.9 Å². The van der Waals surface area contributed by atoms with Gasteiger partial charge in [-0.1, -0.05) is 6.07 Å². The summed E-state index contributed by atoms with van der Waals surface area (Å²) in [6.45, 7) is 2.91. The minimum absolute atomic E-state index is 0.183. The van der Waals surface area contributed by atoms with Crippen LogP contribution >= 0.6 is 15.9 Å². The first-order valence-corrected chi connectivity index (χ1v) is 7.39. The monoisotopic (exact) mass is 358 g/mol. The molecule has 2 N–H and O–H groups in total. The van der Waals surface area contributed by atoms with Gasteiger partial charge in [0.15, 0.2) is 0 Å². The van der Waals surface area contributed by atoms with Crippen LogP contribution in [0.25, 0.3) is 0 Å². The quantitative estimate of drug-likeness (QED) is 0.862. The number of nitrogens with zero attached hydrogens (tertiary/aromatic N) is 1. The second-order valence-corrected chi connectivity index (χ2v) is 5.85. The lowest BCUT2D eigenvalue weighted by atomic mass is 10.0. The first-order valence-electron chi connectivity index (χ1n) is 6.60. The van der Waals surface area contributed by atoms with Gasteiger partial charge in [0, 0.05) is 19.1 Å². The van der Waals surface area contributed by atoms with E-state index in [1.165, 1.54) is 6.07 Å². The zero-order valence-electron chi connectivity index (χ0n) is 11.5. The molecule has 1 aliphatic rings. The van der Waals surface area contributed by atoms with Crippen LogP contribution < -0.4 is 5.32 Å². The lowest BCUT2D eigenvalue weighted by Gasteiger charge is -2.38. The highest BCUT2D eigenvalue weighted by atomic mass is 79.9. The third-order valence-corrected chi connectivity index (χ3v) is 4.27. The molecule has 0 aromatic heterocycles. The highest BCUT2D eigenvalue weighted by molar-refractivity contribution is 9.10. The lowest BCUT2D eigenvalue weighted by molar-refractivity contribution is -0.143. The van der Waals surface area contributed by atoms with Gasteiger partial charge in [-0.05, 0) is 40.5 Å². The Balaban J connectivity index is 2.25. The Morgan fingerprint density at radius 3 is 2.95 bits per heavy atom. The van der Waals surface area contributed by atoms with E-state index in [0.717, 1.165) is 5.56 Å².